The SMILES string of the molecule is CC.CN.CSC1CCCC1. The first-order valence-corrected chi connectivity index (χ1v) is 5.83. The summed E-state index contributed by atoms with van der Waals surface area (Å²) in [6.45, 7) is 4.00. The number of thioether (sulfide) groups is 1. The van der Waals surface area contributed by atoms with Crippen LogP contribution in [0.2, 0.25) is 0 Å². The zero-order valence-corrected chi connectivity index (χ0v) is 9.21. The van der Waals surface area contributed by atoms with Crippen LogP contribution >= 0.6 is 11.8 Å². The molecule has 2 heteroatoms. The van der Waals surface area contributed by atoms with E-state index in [1.807, 2.05) is 25.6 Å². The molecule has 0 spiro atoms. The second kappa shape index (κ2) is 12.9. The normalized spacial score (nSPS) is 16.1. The van der Waals surface area contributed by atoms with Gasteiger partial charge in [-0.05, 0) is 26.1 Å². The van der Waals surface area contributed by atoms with E-state index in [2.05, 4.69) is 12.0 Å². The smallest absolute Gasteiger partial charge is 0.00442 e. The highest BCUT2D eigenvalue weighted by atomic mass is 32.2. The van der Waals surface area contributed by atoms with E-state index in [4.69, 9.17) is 0 Å². The fourth-order valence-corrected chi connectivity index (χ4v) is 1.93. The second-order valence-electron chi connectivity index (χ2n) is 2.14. The molecule has 0 amide bonds. The van der Waals surface area contributed by atoms with E-state index < -0.39 is 0 Å². The summed E-state index contributed by atoms with van der Waals surface area (Å²) >= 11 is 2.03. The van der Waals surface area contributed by atoms with Crippen LogP contribution in [-0.2, 0) is 0 Å². The molecule has 0 saturated heterocycles. The van der Waals surface area contributed by atoms with E-state index in [0.29, 0.717) is 0 Å². The minimum Gasteiger partial charge on any atom is -0.333 e. The molecule has 1 fully saturated rings. The average molecular weight is 177 g/mol. The van der Waals surface area contributed by atoms with Crippen molar-refractivity contribution in [3.05, 3.63) is 0 Å². The largest absolute Gasteiger partial charge is 0.333 e. The standard InChI is InChI=1S/C6H12S.C2H6.CH5N/c1-7-6-4-2-3-5-6;2*1-2/h6H,2-5H2,1H3;1-2H3;2H2,1H3. The van der Waals surface area contributed by atoms with Gasteiger partial charge in [0.1, 0.15) is 0 Å². The van der Waals surface area contributed by atoms with Crippen molar-refractivity contribution >= 4 is 11.8 Å². The Balaban J connectivity index is 0. The van der Waals surface area contributed by atoms with Gasteiger partial charge >= 0.3 is 0 Å². The Morgan fingerprint density at radius 3 is 1.64 bits per heavy atom. The molecule has 0 atom stereocenters. The van der Waals surface area contributed by atoms with Gasteiger partial charge in [-0.1, -0.05) is 26.7 Å². The lowest BCUT2D eigenvalue weighted by Gasteiger charge is -1.99. The van der Waals surface area contributed by atoms with E-state index in [0.717, 1.165) is 5.25 Å². The molecule has 0 aliphatic heterocycles. The van der Waals surface area contributed by atoms with Crippen molar-refractivity contribution in [1.82, 2.24) is 0 Å². The highest BCUT2D eigenvalue weighted by Crippen LogP contribution is 2.26. The van der Waals surface area contributed by atoms with Gasteiger partial charge in [0.2, 0.25) is 0 Å². The minimum absolute atomic E-state index is 1.01. The molecular weight excluding hydrogens is 154 g/mol. The summed E-state index contributed by atoms with van der Waals surface area (Å²) in [4.78, 5) is 0. The molecule has 0 unspecified atom stereocenters. The molecule has 1 aliphatic carbocycles. The van der Waals surface area contributed by atoms with Crippen molar-refractivity contribution in [2.75, 3.05) is 13.3 Å². The van der Waals surface area contributed by atoms with Gasteiger partial charge in [0.15, 0.2) is 0 Å². The van der Waals surface area contributed by atoms with E-state index in [1.54, 1.807) is 0 Å². The monoisotopic (exact) mass is 177 g/mol. The molecule has 0 heterocycles. The fourth-order valence-electron chi connectivity index (χ4n) is 1.12. The zero-order chi connectivity index (χ0) is 9.11. The first-order valence-electron chi connectivity index (χ1n) is 4.54. The molecule has 2 N–H and O–H groups in total. The van der Waals surface area contributed by atoms with E-state index in [-0.39, 0.29) is 0 Å². The third kappa shape index (κ3) is 8.21. The Morgan fingerprint density at radius 1 is 1.09 bits per heavy atom. The summed E-state index contributed by atoms with van der Waals surface area (Å²) in [5.74, 6) is 0. The van der Waals surface area contributed by atoms with Crippen molar-refractivity contribution in [2.24, 2.45) is 5.73 Å². The summed E-state index contributed by atoms with van der Waals surface area (Å²) in [6, 6.07) is 0. The minimum atomic E-state index is 1.01. The van der Waals surface area contributed by atoms with Crippen molar-refractivity contribution in [3.63, 3.8) is 0 Å². The highest BCUT2D eigenvalue weighted by Gasteiger charge is 2.11. The third-order valence-electron chi connectivity index (χ3n) is 1.64. The predicted molar refractivity (Wildman–Crippen MR) is 57.2 cm³/mol. The van der Waals surface area contributed by atoms with Gasteiger partial charge in [0.25, 0.3) is 0 Å². The van der Waals surface area contributed by atoms with Gasteiger partial charge in [-0.2, -0.15) is 11.8 Å². The maximum atomic E-state index is 4.50. The van der Waals surface area contributed by atoms with Crippen LogP contribution in [-0.4, -0.2) is 18.6 Å². The highest BCUT2D eigenvalue weighted by molar-refractivity contribution is 7.99. The number of nitrogens with two attached hydrogens (primary N) is 1. The van der Waals surface area contributed by atoms with Crippen LogP contribution in [0.1, 0.15) is 39.5 Å². The lowest BCUT2D eigenvalue weighted by atomic mass is 10.4. The van der Waals surface area contributed by atoms with Crippen molar-refractivity contribution < 1.29 is 0 Å². The molecular formula is C9H23NS. The van der Waals surface area contributed by atoms with Gasteiger partial charge in [0.05, 0.1) is 0 Å². The number of hydrogen-bond donors (Lipinski definition) is 1. The van der Waals surface area contributed by atoms with Crippen molar-refractivity contribution in [2.45, 2.75) is 44.8 Å². The Labute approximate surface area is 76.1 Å². The molecule has 0 bridgehead atoms. The first-order chi connectivity index (χ1) is 5.43. The first kappa shape index (κ1) is 13.9. The molecule has 0 radical (unpaired) electrons. The lowest BCUT2D eigenvalue weighted by molar-refractivity contribution is 0.886. The van der Waals surface area contributed by atoms with Gasteiger partial charge in [-0.3, -0.25) is 0 Å². The van der Waals surface area contributed by atoms with E-state index in [1.165, 1.54) is 32.7 Å². The van der Waals surface area contributed by atoms with Gasteiger partial charge in [-0.15, -0.1) is 0 Å². The van der Waals surface area contributed by atoms with E-state index in [9.17, 15) is 0 Å². The Kier molecular flexibility index (Phi) is 16.3. The Bertz CT molecular complexity index is 51.5. The topological polar surface area (TPSA) is 26.0 Å². The molecule has 1 aliphatic rings. The predicted octanol–water partition coefficient (Wildman–Crippen LogP) is 2.89. The zero-order valence-electron chi connectivity index (χ0n) is 8.39. The summed E-state index contributed by atoms with van der Waals surface area (Å²) in [7, 11) is 1.50. The molecule has 0 aromatic heterocycles. The van der Waals surface area contributed by atoms with Crippen LogP contribution in [0, 0.1) is 0 Å². The van der Waals surface area contributed by atoms with Crippen molar-refractivity contribution in [1.29, 1.82) is 0 Å². The van der Waals surface area contributed by atoms with Gasteiger partial charge in [0, 0.05) is 5.25 Å². The molecule has 1 rings (SSSR count). The van der Waals surface area contributed by atoms with Crippen LogP contribution in [0.15, 0.2) is 0 Å². The van der Waals surface area contributed by atoms with E-state index >= 15 is 0 Å². The quantitative estimate of drug-likeness (QED) is 0.666. The van der Waals surface area contributed by atoms with Crippen LogP contribution in [0.25, 0.3) is 0 Å². The maximum absolute atomic E-state index is 4.50. The van der Waals surface area contributed by atoms with Crippen LogP contribution in [0.4, 0.5) is 0 Å². The fraction of sp³-hybridized carbons (Fsp3) is 1.00. The molecule has 1 nitrogen and oxygen atoms in total. The molecule has 70 valence electrons. The number of rotatable bonds is 1. The molecule has 0 aromatic rings. The van der Waals surface area contributed by atoms with Gasteiger partial charge in [-0.25, -0.2) is 0 Å². The summed E-state index contributed by atoms with van der Waals surface area (Å²) < 4.78 is 0. The third-order valence-corrected chi connectivity index (χ3v) is 2.77. The van der Waals surface area contributed by atoms with Crippen molar-refractivity contribution in [3.8, 4) is 0 Å². The Morgan fingerprint density at radius 2 is 1.45 bits per heavy atom. The maximum Gasteiger partial charge on any atom is 0.00442 e. The summed E-state index contributed by atoms with van der Waals surface area (Å²) in [5, 5.41) is 1.01. The van der Waals surface area contributed by atoms with Crippen LogP contribution in [0.5, 0.6) is 0 Å². The average Bonchev–Trinajstić information content (AvgIpc) is 2.63. The van der Waals surface area contributed by atoms with Crippen LogP contribution in [0.3, 0.4) is 0 Å². The molecule has 0 aromatic carbocycles. The Hall–Kier alpha value is 0.310. The lowest BCUT2D eigenvalue weighted by Crippen LogP contribution is -1.89. The molecule has 11 heavy (non-hydrogen) atoms. The summed E-state index contributed by atoms with van der Waals surface area (Å²) in [5.41, 5.74) is 4.50. The van der Waals surface area contributed by atoms with Crippen LogP contribution < -0.4 is 5.73 Å². The second-order valence-corrected chi connectivity index (χ2v) is 3.28. The van der Waals surface area contributed by atoms with Gasteiger partial charge < -0.3 is 5.73 Å². The summed E-state index contributed by atoms with van der Waals surface area (Å²) in [6.07, 6.45) is 8.12. The number of hydrogen-bond acceptors (Lipinski definition) is 2. The molecule has 1 saturated carbocycles.